The number of nitrogens with zero attached hydrogens (tertiary/aromatic N) is 1. The van der Waals surface area contributed by atoms with Gasteiger partial charge in [0, 0.05) is 31.1 Å². The second-order valence-electron chi connectivity index (χ2n) is 7.67. The van der Waals surface area contributed by atoms with Gasteiger partial charge < -0.3 is 10.2 Å². The van der Waals surface area contributed by atoms with Crippen molar-refractivity contribution in [2.75, 3.05) is 13.1 Å². The Labute approximate surface area is 151 Å². The fraction of sp³-hybridized carbons (Fsp3) is 0.650. The Morgan fingerprint density at radius 3 is 2.38 bits per heavy atom. The third-order valence-corrected chi connectivity index (χ3v) is 6.18. The van der Waals surface area contributed by atoms with Gasteiger partial charge in [0.1, 0.15) is 0 Å². The topological polar surface area (TPSA) is 32.3 Å². The zero-order valence-corrected chi connectivity index (χ0v) is 15.1. The Hall–Kier alpha value is -1.06. The van der Waals surface area contributed by atoms with Crippen LogP contribution >= 0.6 is 12.4 Å². The van der Waals surface area contributed by atoms with Gasteiger partial charge in [-0.25, -0.2) is 0 Å². The van der Waals surface area contributed by atoms with E-state index in [1.54, 1.807) is 0 Å². The van der Waals surface area contributed by atoms with Crippen LogP contribution in [0.1, 0.15) is 56.4 Å². The SMILES string of the molecule is Cl.O=C(C1CCC(c2ccccc2)CC1)N1CCC2CCC(C1)N2. The van der Waals surface area contributed by atoms with E-state index < -0.39 is 0 Å². The van der Waals surface area contributed by atoms with E-state index in [-0.39, 0.29) is 18.3 Å². The normalized spacial score (nSPS) is 32.8. The van der Waals surface area contributed by atoms with Gasteiger partial charge >= 0.3 is 0 Å². The van der Waals surface area contributed by atoms with Crippen molar-refractivity contribution >= 4 is 18.3 Å². The van der Waals surface area contributed by atoms with Crippen LogP contribution in [0, 0.1) is 5.92 Å². The van der Waals surface area contributed by atoms with Crippen molar-refractivity contribution in [1.82, 2.24) is 10.2 Å². The maximum atomic E-state index is 12.9. The molecule has 2 unspecified atom stereocenters. The molecule has 1 aromatic rings. The maximum absolute atomic E-state index is 12.9. The number of nitrogens with one attached hydrogen (secondary N) is 1. The summed E-state index contributed by atoms with van der Waals surface area (Å²) in [4.78, 5) is 15.1. The summed E-state index contributed by atoms with van der Waals surface area (Å²) in [5.41, 5.74) is 1.45. The van der Waals surface area contributed by atoms with Crippen molar-refractivity contribution < 1.29 is 4.79 Å². The molecule has 2 atom stereocenters. The Kier molecular flexibility index (Phi) is 5.83. The molecule has 132 valence electrons. The van der Waals surface area contributed by atoms with Crippen LogP contribution in [0.5, 0.6) is 0 Å². The van der Waals surface area contributed by atoms with Gasteiger partial charge in [-0.3, -0.25) is 4.79 Å². The molecule has 4 heteroatoms. The molecule has 3 aliphatic rings. The highest BCUT2D eigenvalue weighted by atomic mass is 35.5. The standard InChI is InChI=1S/C20H28N2O.ClH/c23-20(22-13-12-18-10-11-19(14-22)21-18)17-8-6-16(7-9-17)15-4-2-1-3-5-15;/h1-5,16-19,21H,6-14H2;1H. The van der Waals surface area contributed by atoms with Crippen LogP contribution in [0.3, 0.4) is 0 Å². The molecule has 1 aromatic carbocycles. The molecule has 2 aliphatic heterocycles. The lowest BCUT2D eigenvalue weighted by atomic mass is 9.78. The van der Waals surface area contributed by atoms with Gasteiger partial charge in [0.25, 0.3) is 0 Å². The van der Waals surface area contributed by atoms with E-state index in [1.165, 1.54) is 31.2 Å². The summed E-state index contributed by atoms with van der Waals surface area (Å²) in [6, 6.07) is 12.0. The summed E-state index contributed by atoms with van der Waals surface area (Å²) in [5.74, 6) is 1.36. The molecule has 4 rings (SSSR count). The van der Waals surface area contributed by atoms with Crippen LogP contribution < -0.4 is 5.32 Å². The summed E-state index contributed by atoms with van der Waals surface area (Å²) in [7, 11) is 0. The molecule has 0 radical (unpaired) electrons. The van der Waals surface area contributed by atoms with Gasteiger partial charge in [0.15, 0.2) is 0 Å². The maximum Gasteiger partial charge on any atom is 0.225 e. The van der Waals surface area contributed by atoms with Gasteiger partial charge in [-0.1, -0.05) is 30.3 Å². The summed E-state index contributed by atoms with van der Waals surface area (Å²) < 4.78 is 0. The number of hydrogen-bond acceptors (Lipinski definition) is 2. The van der Waals surface area contributed by atoms with Crippen molar-refractivity contribution in [3.8, 4) is 0 Å². The lowest BCUT2D eigenvalue weighted by Gasteiger charge is -2.33. The van der Waals surface area contributed by atoms with Gasteiger partial charge in [0.2, 0.25) is 5.91 Å². The quantitative estimate of drug-likeness (QED) is 0.883. The number of benzene rings is 1. The molecular weight excluding hydrogens is 320 g/mol. The molecule has 2 bridgehead atoms. The van der Waals surface area contributed by atoms with E-state index in [4.69, 9.17) is 0 Å². The van der Waals surface area contributed by atoms with E-state index in [0.29, 0.717) is 23.9 Å². The molecule has 0 aromatic heterocycles. The van der Waals surface area contributed by atoms with E-state index in [1.807, 2.05) is 0 Å². The molecule has 1 saturated carbocycles. The fourth-order valence-corrected chi connectivity index (χ4v) is 4.80. The molecule has 2 saturated heterocycles. The summed E-state index contributed by atoms with van der Waals surface area (Å²) in [6.45, 7) is 1.90. The minimum atomic E-state index is 0. The molecule has 1 amide bonds. The molecule has 3 fully saturated rings. The molecule has 0 spiro atoms. The second kappa shape index (κ2) is 7.88. The van der Waals surface area contributed by atoms with E-state index >= 15 is 0 Å². The number of halogens is 1. The van der Waals surface area contributed by atoms with Crippen molar-refractivity contribution in [2.45, 2.75) is 62.9 Å². The molecule has 1 N–H and O–H groups in total. The number of rotatable bonds is 2. The summed E-state index contributed by atoms with van der Waals surface area (Å²) in [5, 5.41) is 3.68. The number of carbonyl (C=O) groups excluding carboxylic acids is 1. The Bertz CT molecular complexity index is 542. The van der Waals surface area contributed by atoms with Crippen LogP contribution in [0.4, 0.5) is 0 Å². The smallest absolute Gasteiger partial charge is 0.225 e. The molecule has 1 aliphatic carbocycles. The molecule has 2 heterocycles. The number of hydrogen-bond donors (Lipinski definition) is 1. The number of carbonyl (C=O) groups is 1. The first-order valence-electron chi connectivity index (χ1n) is 9.39. The summed E-state index contributed by atoms with van der Waals surface area (Å²) >= 11 is 0. The molecule has 24 heavy (non-hydrogen) atoms. The first-order chi connectivity index (χ1) is 11.3. The Balaban J connectivity index is 0.00000169. The highest BCUT2D eigenvalue weighted by Crippen LogP contribution is 2.36. The minimum absolute atomic E-state index is 0. The lowest BCUT2D eigenvalue weighted by molar-refractivity contribution is -0.136. The Morgan fingerprint density at radius 1 is 0.917 bits per heavy atom. The summed E-state index contributed by atoms with van der Waals surface area (Å²) in [6.07, 6.45) is 8.15. The Morgan fingerprint density at radius 2 is 1.62 bits per heavy atom. The number of amides is 1. The zero-order valence-electron chi connectivity index (χ0n) is 14.3. The van der Waals surface area contributed by atoms with E-state index in [9.17, 15) is 4.79 Å². The number of fused-ring (bicyclic) bond motifs is 2. The van der Waals surface area contributed by atoms with Crippen LogP contribution in [-0.4, -0.2) is 36.0 Å². The average Bonchev–Trinajstić information content (AvgIpc) is 2.94. The lowest BCUT2D eigenvalue weighted by Crippen LogP contribution is -2.42. The van der Waals surface area contributed by atoms with Gasteiger partial charge in [-0.2, -0.15) is 0 Å². The first kappa shape index (κ1) is 17.8. The van der Waals surface area contributed by atoms with Crippen molar-refractivity contribution in [3.63, 3.8) is 0 Å². The van der Waals surface area contributed by atoms with Crippen LogP contribution in [0.15, 0.2) is 30.3 Å². The molecular formula is C20H29ClN2O. The van der Waals surface area contributed by atoms with E-state index in [0.717, 1.165) is 32.4 Å². The fourth-order valence-electron chi connectivity index (χ4n) is 4.80. The van der Waals surface area contributed by atoms with Gasteiger partial charge in [0.05, 0.1) is 0 Å². The average molecular weight is 349 g/mol. The van der Waals surface area contributed by atoms with E-state index in [2.05, 4.69) is 40.5 Å². The highest BCUT2D eigenvalue weighted by molar-refractivity contribution is 5.85. The second-order valence-corrected chi connectivity index (χ2v) is 7.67. The van der Waals surface area contributed by atoms with Crippen LogP contribution in [-0.2, 0) is 4.79 Å². The predicted octanol–water partition coefficient (Wildman–Crippen LogP) is 3.74. The predicted molar refractivity (Wildman–Crippen MR) is 99.5 cm³/mol. The van der Waals surface area contributed by atoms with Gasteiger partial charge in [-0.15, -0.1) is 12.4 Å². The van der Waals surface area contributed by atoms with Crippen molar-refractivity contribution in [2.24, 2.45) is 5.92 Å². The van der Waals surface area contributed by atoms with Crippen molar-refractivity contribution in [3.05, 3.63) is 35.9 Å². The number of likely N-dealkylation sites (tertiary alicyclic amines) is 1. The highest BCUT2D eigenvalue weighted by Gasteiger charge is 2.35. The van der Waals surface area contributed by atoms with Gasteiger partial charge in [-0.05, 0) is 56.4 Å². The minimum Gasteiger partial charge on any atom is -0.341 e. The largest absolute Gasteiger partial charge is 0.341 e. The van der Waals surface area contributed by atoms with Crippen LogP contribution in [0.25, 0.3) is 0 Å². The monoisotopic (exact) mass is 348 g/mol. The third-order valence-electron chi connectivity index (χ3n) is 6.18. The first-order valence-corrected chi connectivity index (χ1v) is 9.39. The van der Waals surface area contributed by atoms with Crippen LogP contribution in [0.2, 0.25) is 0 Å². The third kappa shape index (κ3) is 3.78. The zero-order chi connectivity index (χ0) is 15.6. The van der Waals surface area contributed by atoms with Crippen molar-refractivity contribution in [1.29, 1.82) is 0 Å². The molecule has 3 nitrogen and oxygen atoms in total.